The van der Waals surface area contributed by atoms with Crippen LogP contribution in [0.2, 0.25) is 0 Å². The molecular weight excluding hydrogens is 300 g/mol. The Morgan fingerprint density at radius 1 is 1.43 bits per heavy atom. The minimum absolute atomic E-state index is 0.262. The fraction of sp³-hybridized carbons (Fsp3) is 0.333. The average Bonchev–Trinajstić information content (AvgIpc) is 2.83. The first-order chi connectivity index (χ1) is 9.87. The lowest BCUT2D eigenvalue weighted by Crippen LogP contribution is -2.23. The lowest BCUT2D eigenvalue weighted by molar-refractivity contribution is -0.136. The number of benzene rings is 1. The number of nitrogens with zero attached hydrogens (tertiary/aromatic N) is 1. The Balaban J connectivity index is 2.11. The number of carbonyl (C=O) groups excluding carboxylic acids is 1. The van der Waals surface area contributed by atoms with Gasteiger partial charge < -0.3 is 9.84 Å². The molecule has 1 aliphatic heterocycles. The second-order valence-corrected chi connectivity index (χ2v) is 6.22. The Morgan fingerprint density at radius 2 is 2.19 bits per heavy atom. The number of sulfonamides is 1. The van der Waals surface area contributed by atoms with Crippen molar-refractivity contribution in [1.82, 2.24) is 0 Å². The first kappa shape index (κ1) is 15.1. The van der Waals surface area contributed by atoms with Crippen LogP contribution in [0.25, 0.3) is 0 Å². The molecule has 0 saturated carbocycles. The predicted octanol–water partition coefficient (Wildman–Crippen LogP) is 0.860. The van der Waals surface area contributed by atoms with Crippen molar-refractivity contribution in [2.24, 2.45) is 0 Å². The third-order valence-electron chi connectivity index (χ3n) is 2.78. The summed E-state index contributed by atoms with van der Waals surface area (Å²) in [6.07, 6.45) is -0.964. The molecule has 0 aliphatic carbocycles. The summed E-state index contributed by atoms with van der Waals surface area (Å²) in [6.45, 7) is 0.682. The van der Waals surface area contributed by atoms with E-state index in [1.54, 1.807) is 12.1 Å². The van der Waals surface area contributed by atoms with Gasteiger partial charge in [0.2, 0.25) is 10.0 Å². The van der Waals surface area contributed by atoms with Crippen LogP contribution >= 0.6 is 0 Å². The van der Waals surface area contributed by atoms with E-state index < -0.39 is 34.3 Å². The molecule has 1 heterocycles. The Labute approximate surface area is 121 Å². The number of hydrogen-bond acceptors (Lipinski definition) is 5. The van der Waals surface area contributed by atoms with Crippen molar-refractivity contribution >= 4 is 33.5 Å². The second kappa shape index (κ2) is 6.00. The Kier molecular flexibility index (Phi) is 4.32. The van der Waals surface area contributed by atoms with Gasteiger partial charge in [0.05, 0.1) is 24.4 Å². The van der Waals surface area contributed by atoms with Crippen LogP contribution in [-0.4, -0.2) is 44.5 Å². The summed E-state index contributed by atoms with van der Waals surface area (Å²) in [7, 11) is -3.75. The number of amides is 1. The quantitative estimate of drug-likeness (QED) is 0.805. The van der Waals surface area contributed by atoms with Crippen molar-refractivity contribution in [2.75, 3.05) is 28.5 Å². The van der Waals surface area contributed by atoms with Gasteiger partial charge in [-0.2, -0.15) is 0 Å². The van der Waals surface area contributed by atoms with Crippen molar-refractivity contribution in [3.05, 3.63) is 24.3 Å². The van der Waals surface area contributed by atoms with Crippen LogP contribution in [-0.2, 0) is 19.6 Å². The minimum atomic E-state index is -3.75. The second-order valence-electron chi connectivity index (χ2n) is 4.38. The number of aliphatic carboxylic acids is 1. The third kappa shape index (κ3) is 4.09. The van der Waals surface area contributed by atoms with Crippen molar-refractivity contribution in [3.63, 3.8) is 0 Å². The molecule has 0 spiro atoms. The summed E-state index contributed by atoms with van der Waals surface area (Å²) in [5, 5.41) is 8.51. The number of ether oxygens (including phenoxy) is 1. The van der Waals surface area contributed by atoms with Crippen molar-refractivity contribution in [1.29, 1.82) is 0 Å². The van der Waals surface area contributed by atoms with Gasteiger partial charge in [-0.1, -0.05) is 6.07 Å². The monoisotopic (exact) mass is 314 g/mol. The maximum absolute atomic E-state index is 11.7. The molecule has 0 radical (unpaired) electrons. The smallest absolute Gasteiger partial charge is 0.414 e. The molecule has 8 nitrogen and oxygen atoms in total. The Bertz CT molecular complexity index is 657. The molecule has 0 bridgehead atoms. The summed E-state index contributed by atoms with van der Waals surface area (Å²) >= 11 is 0. The van der Waals surface area contributed by atoms with E-state index in [-0.39, 0.29) is 12.3 Å². The number of hydrogen-bond donors (Lipinski definition) is 2. The topological polar surface area (TPSA) is 113 Å². The zero-order chi connectivity index (χ0) is 15.5. The normalized spacial score (nSPS) is 14.9. The van der Waals surface area contributed by atoms with Gasteiger partial charge in [0.25, 0.3) is 0 Å². The molecule has 0 unspecified atom stereocenters. The zero-order valence-electron chi connectivity index (χ0n) is 11.0. The summed E-state index contributed by atoms with van der Waals surface area (Å²) in [4.78, 5) is 23.2. The van der Waals surface area contributed by atoms with Crippen molar-refractivity contribution < 1.29 is 27.9 Å². The van der Waals surface area contributed by atoms with Gasteiger partial charge in [0, 0.05) is 5.69 Å². The average molecular weight is 314 g/mol. The van der Waals surface area contributed by atoms with Gasteiger partial charge >= 0.3 is 12.1 Å². The molecular formula is C12H14N2O6S. The minimum Gasteiger partial charge on any atom is -0.481 e. The van der Waals surface area contributed by atoms with Gasteiger partial charge in [-0.05, 0) is 18.2 Å². The summed E-state index contributed by atoms with van der Waals surface area (Å²) in [5.74, 6) is -1.70. The Morgan fingerprint density at radius 3 is 2.81 bits per heavy atom. The van der Waals surface area contributed by atoms with Crippen LogP contribution in [0.4, 0.5) is 16.2 Å². The number of anilines is 2. The molecule has 0 aromatic heterocycles. The molecule has 2 rings (SSSR count). The highest BCUT2D eigenvalue weighted by Gasteiger charge is 2.24. The standard InChI is InChI=1S/C12H14N2O6S/c15-11(16)4-7-21(18,19)13-9-2-1-3-10(8-9)14-5-6-20-12(14)17/h1-3,8,13H,4-7H2,(H,15,16). The first-order valence-electron chi connectivity index (χ1n) is 6.14. The number of carboxylic acid groups (broad SMARTS) is 1. The molecule has 0 atom stereocenters. The van der Waals surface area contributed by atoms with Crippen LogP contribution in [0.3, 0.4) is 0 Å². The van der Waals surface area contributed by atoms with E-state index in [9.17, 15) is 18.0 Å². The highest BCUT2D eigenvalue weighted by atomic mass is 32.2. The molecule has 1 aliphatic rings. The highest BCUT2D eigenvalue weighted by Crippen LogP contribution is 2.23. The summed E-state index contributed by atoms with van der Waals surface area (Å²) in [6, 6.07) is 6.26. The maximum atomic E-state index is 11.7. The fourth-order valence-corrected chi connectivity index (χ4v) is 2.85. The van der Waals surface area contributed by atoms with Gasteiger partial charge in [-0.15, -0.1) is 0 Å². The molecule has 2 N–H and O–H groups in total. The van der Waals surface area contributed by atoms with Crippen LogP contribution in [0.15, 0.2) is 24.3 Å². The molecule has 9 heteroatoms. The van der Waals surface area contributed by atoms with Crippen LogP contribution in [0.1, 0.15) is 6.42 Å². The van der Waals surface area contributed by atoms with Gasteiger partial charge in [-0.25, -0.2) is 13.2 Å². The molecule has 1 saturated heterocycles. The van der Waals surface area contributed by atoms with Gasteiger partial charge in [0.15, 0.2) is 0 Å². The zero-order valence-corrected chi connectivity index (χ0v) is 11.8. The van der Waals surface area contributed by atoms with E-state index in [1.165, 1.54) is 17.0 Å². The molecule has 114 valence electrons. The molecule has 21 heavy (non-hydrogen) atoms. The molecule has 1 aromatic rings. The van der Waals surface area contributed by atoms with Gasteiger partial charge in [0.1, 0.15) is 6.61 Å². The van der Waals surface area contributed by atoms with E-state index in [1.807, 2.05) is 0 Å². The molecule has 1 amide bonds. The first-order valence-corrected chi connectivity index (χ1v) is 7.79. The number of rotatable bonds is 6. The summed E-state index contributed by atoms with van der Waals surface area (Å²) in [5.41, 5.74) is 0.772. The molecule has 1 fully saturated rings. The fourth-order valence-electron chi connectivity index (χ4n) is 1.82. The number of carbonyl (C=O) groups is 2. The summed E-state index contributed by atoms with van der Waals surface area (Å²) < 4.78 is 30.5. The van der Waals surface area contributed by atoms with Crippen LogP contribution in [0, 0.1) is 0 Å². The number of carboxylic acids is 1. The lowest BCUT2D eigenvalue weighted by atomic mass is 10.2. The van der Waals surface area contributed by atoms with Gasteiger partial charge in [-0.3, -0.25) is 14.4 Å². The van der Waals surface area contributed by atoms with E-state index in [4.69, 9.17) is 9.84 Å². The van der Waals surface area contributed by atoms with E-state index in [0.29, 0.717) is 12.2 Å². The lowest BCUT2D eigenvalue weighted by Gasteiger charge is -2.14. The van der Waals surface area contributed by atoms with E-state index in [2.05, 4.69) is 4.72 Å². The van der Waals surface area contributed by atoms with Crippen LogP contribution in [0.5, 0.6) is 0 Å². The van der Waals surface area contributed by atoms with Crippen molar-refractivity contribution in [2.45, 2.75) is 6.42 Å². The maximum Gasteiger partial charge on any atom is 0.414 e. The van der Waals surface area contributed by atoms with Crippen molar-refractivity contribution in [3.8, 4) is 0 Å². The van der Waals surface area contributed by atoms with E-state index >= 15 is 0 Å². The van der Waals surface area contributed by atoms with Crippen LogP contribution < -0.4 is 9.62 Å². The SMILES string of the molecule is O=C(O)CCS(=O)(=O)Nc1cccc(N2CCOC2=O)c1. The number of nitrogens with one attached hydrogen (secondary N) is 1. The van der Waals surface area contributed by atoms with E-state index in [0.717, 1.165) is 0 Å². The Hall–Kier alpha value is -2.29. The molecule has 1 aromatic carbocycles. The third-order valence-corrected chi connectivity index (χ3v) is 4.06. The highest BCUT2D eigenvalue weighted by molar-refractivity contribution is 7.92. The predicted molar refractivity (Wildman–Crippen MR) is 74.8 cm³/mol. The number of cyclic esters (lactones) is 1. The largest absolute Gasteiger partial charge is 0.481 e.